The molecule has 0 atom stereocenters. The first-order valence-corrected chi connectivity index (χ1v) is 13.2. The second-order valence-electron chi connectivity index (χ2n) is 8.30. The van der Waals surface area contributed by atoms with Crippen LogP contribution in [0.1, 0.15) is 19.3 Å². The number of ether oxygens (including phenoxy) is 2. The monoisotopic (exact) mass is 479 g/mol. The first kappa shape index (κ1) is 21.0. The molecule has 2 saturated heterocycles. The van der Waals surface area contributed by atoms with Crippen LogP contribution in [0.25, 0.3) is 0 Å². The maximum absolute atomic E-state index is 12.8. The summed E-state index contributed by atoms with van der Waals surface area (Å²) in [6.07, 6.45) is 2.75. The van der Waals surface area contributed by atoms with Crippen LogP contribution in [-0.4, -0.2) is 62.1 Å². The Kier molecular flexibility index (Phi) is 5.58. The molecular formula is C21H25N3O4S3. The molecular weight excluding hydrogens is 454 g/mol. The first-order valence-electron chi connectivity index (χ1n) is 10.4. The number of fused-ring (bicyclic) bond motifs is 1. The SMILES string of the molecule is O=S(=O)(c1cccs1)N1CCC2(CCN(C(=S)Nc3ccc4c(c3)OCCO4)C2)CC1. The Morgan fingerprint density at radius 1 is 1.06 bits per heavy atom. The molecule has 2 fully saturated rings. The zero-order chi connectivity index (χ0) is 21.5. The fourth-order valence-electron chi connectivity index (χ4n) is 4.58. The van der Waals surface area contributed by atoms with E-state index in [9.17, 15) is 8.42 Å². The zero-order valence-electron chi connectivity index (χ0n) is 17.1. The number of hydrogen-bond donors (Lipinski definition) is 1. The smallest absolute Gasteiger partial charge is 0.252 e. The zero-order valence-corrected chi connectivity index (χ0v) is 19.5. The summed E-state index contributed by atoms with van der Waals surface area (Å²) in [5.41, 5.74) is 1.01. The van der Waals surface area contributed by atoms with Gasteiger partial charge in [0.25, 0.3) is 10.0 Å². The van der Waals surface area contributed by atoms with Gasteiger partial charge in [-0.25, -0.2) is 8.42 Å². The largest absolute Gasteiger partial charge is 0.486 e. The fourth-order valence-corrected chi connectivity index (χ4v) is 7.44. The Hall–Kier alpha value is -1.88. The van der Waals surface area contributed by atoms with Gasteiger partial charge in [0.15, 0.2) is 16.6 Å². The van der Waals surface area contributed by atoms with Gasteiger partial charge in [0.1, 0.15) is 17.4 Å². The van der Waals surface area contributed by atoms with Crippen molar-refractivity contribution in [3.05, 3.63) is 35.7 Å². The van der Waals surface area contributed by atoms with Crippen LogP contribution in [-0.2, 0) is 10.0 Å². The Morgan fingerprint density at radius 3 is 2.55 bits per heavy atom. The van der Waals surface area contributed by atoms with E-state index in [4.69, 9.17) is 21.7 Å². The van der Waals surface area contributed by atoms with E-state index < -0.39 is 10.0 Å². The van der Waals surface area contributed by atoms with Crippen molar-refractivity contribution in [2.75, 3.05) is 44.7 Å². The highest BCUT2D eigenvalue weighted by Crippen LogP contribution is 2.42. The van der Waals surface area contributed by atoms with E-state index in [1.807, 2.05) is 23.6 Å². The van der Waals surface area contributed by atoms with Gasteiger partial charge in [-0.3, -0.25) is 0 Å². The van der Waals surface area contributed by atoms with Gasteiger partial charge in [0.2, 0.25) is 0 Å². The summed E-state index contributed by atoms with van der Waals surface area (Å²) in [6, 6.07) is 9.23. The molecule has 2 aromatic rings. The van der Waals surface area contributed by atoms with Crippen molar-refractivity contribution in [3.8, 4) is 11.5 Å². The lowest BCUT2D eigenvalue weighted by atomic mass is 9.78. The topological polar surface area (TPSA) is 71.1 Å². The van der Waals surface area contributed by atoms with Crippen LogP contribution >= 0.6 is 23.6 Å². The van der Waals surface area contributed by atoms with Crippen LogP contribution in [0.5, 0.6) is 11.5 Å². The number of thiophene rings is 1. The molecule has 7 nitrogen and oxygen atoms in total. The summed E-state index contributed by atoms with van der Waals surface area (Å²) in [5.74, 6) is 1.49. The number of thiocarbonyl (C=S) groups is 1. The Balaban J connectivity index is 1.19. The van der Waals surface area contributed by atoms with Gasteiger partial charge < -0.3 is 19.7 Å². The van der Waals surface area contributed by atoms with E-state index >= 15 is 0 Å². The summed E-state index contributed by atoms with van der Waals surface area (Å²) in [6.45, 7) is 3.99. The molecule has 1 N–H and O–H groups in total. The summed E-state index contributed by atoms with van der Waals surface area (Å²) in [5, 5.41) is 5.83. The maximum Gasteiger partial charge on any atom is 0.252 e. The van der Waals surface area contributed by atoms with Crippen molar-refractivity contribution in [1.82, 2.24) is 9.21 Å². The number of rotatable bonds is 3. The lowest BCUT2D eigenvalue weighted by Gasteiger charge is -2.38. The second-order valence-corrected chi connectivity index (χ2v) is 11.8. The fraction of sp³-hybridized carbons (Fsp3) is 0.476. The molecule has 31 heavy (non-hydrogen) atoms. The van der Waals surface area contributed by atoms with E-state index in [2.05, 4.69) is 10.2 Å². The lowest BCUT2D eigenvalue weighted by Crippen LogP contribution is -2.44. The average Bonchev–Trinajstić information content (AvgIpc) is 3.45. The number of sulfonamides is 1. The minimum Gasteiger partial charge on any atom is -0.486 e. The molecule has 4 heterocycles. The van der Waals surface area contributed by atoms with Gasteiger partial charge >= 0.3 is 0 Å². The van der Waals surface area contributed by atoms with Gasteiger partial charge in [-0.1, -0.05) is 6.07 Å². The lowest BCUT2D eigenvalue weighted by molar-refractivity contribution is 0.167. The van der Waals surface area contributed by atoms with Crippen molar-refractivity contribution in [3.63, 3.8) is 0 Å². The van der Waals surface area contributed by atoms with Crippen LogP contribution in [0.3, 0.4) is 0 Å². The average molecular weight is 480 g/mol. The Morgan fingerprint density at radius 2 is 1.81 bits per heavy atom. The van der Waals surface area contributed by atoms with E-state index in [0.29, 0.717) is 35.6 Å². The normalized spacial score (nSPS) is 20.7. The molecule has 1 spiro atoms. The number of nitrogens with zero attached hydrogens (tertiary/aromatic N) is 2. The number of benzene rings is 1. The molecule has 0 amide bonds. The van der Waals surface area contributed by atoms with Crippen LogP contribution in [0.15, 0.2) is 39.9 Å². The molecule has 0 aliphatic carbocycles. The molecule has 3 aliphatic rings. The number of nitrogens with one attached hydrogen (secondary N) is 1. The van der Waals surface area contributed by atoms with Gasteiger partial charge in [-0.15, -0.1) is 11.3 Å². The molecule has 10 heteroatoms. The van der Waals surface area contributed by atoms with E-state index in [1.54, 1.807) is 16.4 Å². The Bertz CT molecular complexity index is 1060. The number of anilines is 1. The van der Waals surface area contributed by atoms with Crippen LogP contribution in [0, 0.1) is 5.41 Å². The highest BCUT2D eigenvalue weighted by atomic mass is 32.2. The van der Waals surface area contributed by atoms with Crippen molar-refractivity contribution < 1.29 is 17.9 Å². The maximum atomic E-state index is 12.8. The minimum absolute atomic E-state index is 0.125. The number of piperidine rings is 1. The van der Waals surface area contributed by atoms with Gasteiger partial charge in [-0.2, -0.15) is 4.31 Å². The summed E-state index contributed by atoms with van der Waals surface area (Å²) in [4.78, 5) is 2.20. The molecule has 5 rings (SSSR count). The van der Waals surface area contributed by atoms with E-state index in [1.165, 1.54) is 11.3 Å². The third kappa shape index (κ3) is 4.13. The van der Waals surface area contributed by atoms with Crippen LogP contribution in [0.2, 0.25) is 0 Å². The minimum atomic E-state index is -3.37. The molecule has 0 unspecified atom stereocenters. The highest BCUT2D eigenvalue weighted by molar-refractivity contribution is 7.91. The first-order chi connectivity index (χ1) is 15.0. The van der Waals surface area contributed by atoms with Crippen LogP contribution in [0.4, 0.5) is 5.69 Å². The quantitative estimate of drug-likeness (QED) is 0.677. The van der Waals surface area contributed by atoms with Crippen molar-refractivity contribution in [1.29, 1.82) is 0 Å². The predicted molar refractivity (Wildman–Crippen MR) is 125 cm³/mol. The van der Waals surface area contributed by atoms with Crippen molar-refractivity contribution >= 4 is 44.4 Å². The second kappa shape index (κ2) is 8.23. The van der Waals surface area contributed by atoms with E-state index in [0.717, 1.165) is 49.5 Å². The van der Waals surface area contributed by atoms with Crippen LogP contribution < -0.4 is 14.8 Å². The van der Waals surface area contributed by atoms with Crippen molar-refractivity contribution in [2.24, 2.45) is 5.41 Å². The summed E-state index contributed by atoms with van der Waals surface area (Å²) >= 11 is 6.96. The number of likely N-dealkylation sites (tertiary alicyclic amines) is 1. The van der Waals surface area contributed by atoms with Crippen molar-refractivity contribution in [2.45, 2.75) is 23.5 Å². The molecule has 1 aromatic heterocycles. The molecule has 0 saturated carbocycles. The van der Waals surface area contributed by atoms with Gasteiger partial charge in [-0.05, 0) is 60.5 Å². The predicted octanol–water partition coefficient (Wildman–Crippen LogP) is 3.39. The molecule has 0 radical (unpaired) electrons. The highest BCUT2D eigenvalue weighted by Gasteiger charge is 2.43. The third-order valence-corrected chi connectivity index (χ3v) is 10.0. The Labute approximate surface area is 192 Å². The summed E-state index contributed by atoms with van der Waals surface area (Å²) in [7, 11) is -3.37. The molecule has 0 bridgehead atoms. The molecule has 1 aromatic carbocycles. The van der Waals surface area contributed by atoms with Gasteiger partial charge in [0, 0.05) is 37.9 Å². The van der Waals surface area contributed by atoms with Gasteiger partial charge in [0.05, 0.1) is 0 Å². The standard InChI is InChI=1S/C21H25N3O4S3/c25-31(26,19-2-1-13-30-19)24-9-6-21(7-10-24)5-8-23(15-21)20(29)22-16-3-4-17-18(14-16)28-12-11-27-17/h1-4,13-14H,5-12,15H2,(H,22,29). The van der Waals surface area contributed by atoms with E-state index in [-0.39, 0.29) is 5.41 Å². The summed E-state index contributed by atoms with van der Waals surface area (Å²) < 4.78 is 38.9. The molecule has 3 aliphatic heterocycles. The number of hydrogen-bond acceptors (Lipinski definition) is 6. The third-order valence-electron chi connectivity index (χ3n) is 6.39. The molecule has 166 valence electrons.